The molecule has 0 aliphatic carbocycles. The number of hydrogen-bond acceptors (Lipinski definition) is 4. The lowest BCUT2D eigenvalue weighted by Crippen LogP contribution is -1.99. The Labute approximate surface area is 138 Å². The van der Waals surface area contributed by atoms with Gasteiger partial charge < -0.3 is 10.4 Å². The zero-order chi connectivity index (χ0) is 15.6. The molecule has 4 nitrogen and oxygen atoms in total. The van der Waals surface area contributed by atoms with Crippen LogP contribution >= 0.6 is 35.0 Å². The lowest BCUT2D eigenvalue weighted by molar-refractivity contribution is 0.763. The highest BCUT2D eigenvalue weighted by molar-refractivity contribution is 7.99. The number of nitrogens with zero attached hydrogens (tertiary/aromatic N) is 3. The Morgan fingerprint density at radius 2 is 1.90 bits per heavy atom. The zero-order valence-electron chi connectivity index (χ0n) is 12.0. The predicted octanol–water partition coefficient (Wildman–Crippen LogP) is 4.29. The maximum absolute atomic E-state index is 6.06. The lowest BCUT2D eigenvalue weighted by Gasteiger charge is -2.09. The molecule has 2 aromatic rings. The van der Waals surface area contributed by atoms with E-state index in [0.29, 0.717) is 10.0 Å². The smallest absolute Gasteiger partial charge is 0.153 e. The van der Waals surface area contributed by atoms with Crippen molar-refractivity contribution in [1.82, 2.24) is 9.55 Å². The number of nitrogens with two attached hydrogens (primary N) is 1. The molecule has 0 spiro atoms. The minimum absolute atomic E-state index is 0.285. The molecule has 0 aliphatic rings. The molecule has 0 saturated carbocycles. The van der Waals surface area contributed by atoms with E-state index in [2.05, 4.69) is 23.9 Å². The maximum Gasteiger partial charge on any atom is 0.153 e. The van der Waals surface area contributed by atoms with Gasteiger partial charge in [0.15, 0.2) is 5.82 Å². The van der Waals surface area contributed by atoms with Crippen LogP contribution in [0, 0.1) is 0 Å². The van der Waals surface area contributed by atoms with E-state index in [1.165, 1.54) is 0 Å². The van der Waals surface area contributed by atoms with Gasteiger partial charge in [0, 0.05) is 22.0 Å². The summed E-state index contributed by atoms with van der Waals surface area (Å²) in [5.74, 6) is 6.24. The summed E-state index contributed by atoms with van der Waals surface area (Å²) < 4.78 is 1.96. The Bertz CT molecular complexity index is 660. The van der Waals surface area contributed by atoms with Gasteiger partial charge in [0.2, 0.25) is 0 Å². The fraction of sp³-hybridized carbons (Fsp3) is 0.286. The number of halogens is 2. The first-order valence-corrected chi connectivity index (χ1v) is 7.93. The van der Waals surface area contributed by atoms with Crippen molar-refractivity contribution in [3.8, 4) is 0 Å². The van der Waals surface area contributed by atoms with E-state index in [4.69, 9.17) is 29.0 Å². The first-order chi connectivity index (χ1) is 9.92. The standard InChI is InChI=1S/C14H16Cl2N4S/c1-8(2)13-14(20(3)12(19-13)7-18-17)21-11-5-9(15)4-10(16)6-11/h4-8H,17H2,1-3H3. The minimum atomic E-state index is 0.285. The summed E-state index contributed by atoms with van der Waals surface area (Å²) in [7, 11) is 1.93. The van der Waals surface area contributed by atoms with E-state index < -0.39 is 0 Å². The molecule has 0 aliphatic heterocycles. The van der Waals surface area contributed by atoms with E-state index >= 15 is 0 Å². The molecule has 0 bridgehead atoms. The van der Waals surface area contributed by atoms with Crippen molar-refractivity contribution in [2.75, 3.05) is 0 Å². The number of hydrogen-bond donors (Lipinski definition) is 1. The molecule has 0 atom stereocenters. The number of rotatable bonds is 4. The third-order valence-electron chi connectivity index (χ3n) is 2.89. The summed E-state index contributed by atoms with van der Waals surface area (Å²) in [6.45, 7) is 4.20. The van der Waals surface area contributed by atoms with Crippen molar-refractivity contribution in [1.29, 1.82) is 0 Å². The van der Waals surface area contributed by atoms with E-state index in [-0.39, 0.29) is 5.92 Å². The number of benzene rings is 1. The highest BCUT2D eigenvalue weighted by Crippen LogP contribution is 2.36. The van der Waals surface area contributed by atoms with Crippen molar-refractivity contribution >= 4 is 41.2 Å². The minimum Gasteiger partial charge on any atom is -0.323 e. The fourth-order valence-electron chi connectivity index (χ4n) is 1.90. The molecular formula is C14H16Cl2N4S. The Balaban J connectivity index is 2.47. The summed E-state index contributed by atoms with van der Waals surface area (Å²) in [4.78, 5) is 5.55. The van der Waals surface area contributed by atoms with Crippen LogP contribution in [-0.4, -0.2) is 15.8 Å². The van der Waals surface area contributed by atoms with Gasteiger partial charge in [-0.1, -0.05) is 48.8 Å². The molecule has 1 aromatic heterocycles. The lowest BCUT2D eigenvalue weighted by atomic mass is 10.2. The molecule has 0 saturated heterocycles. The Hall–Kier alpha value is -1.17. The normalized spacial score (nSPS) is 11.7. The largest absolute Gasteiger partial charge is 0.323 e. The van der Waals surface area contributed by atoms with Gasteiger partial charge in [-0.3, -0.25) is 0 Å². The molecule has 0 radical (unpaired) electrons. The van der Waals surface area contributed by atoms with E-state index in [1.54, 1.807) is 24.0 Å². The Morgan fingerprint density at radius 1 is 1.29 bits per heavy atom. The molecule has 2 N–H and O–H groups in total. The molecule has 0 unspecified atom stereocenters. The van der Waals surface area contributed by atoms with Crippen LogP contribution in [0.3, 0.4) is 0 Å². The van der Waals surface area contributed by atoms with E-state index in [0.717, 1.165) is 21.4 Å². The van der Waals surface area contributed by atoms with Crippen LogP contribution in [-0.2, 0) is 7.05 Å². The Kier molecular flexibility index (Phi) is 5.19. The van der Waals surface area contributed by atoms with Crippen LogP contribution in [0.5, 0.6) is 0 Å². The van der Waals surface area contributed by atoms with Crippen molar-refractivity contribution < 1.29 is 0 Å². The SMILES string of the molecule is CC(C)c1nc(C=NN)n(C)c1Sc1cc(Cl)cc(Cl)c1. The Morgan fingerprint density at radius 3 is 2.43 bits per heavy atom. The fourth-order valence-corrected chi connectivity index (χ4v) is 3.77. The summed E-state index contributed by atoms with van der Waals surface area (Å²) >= 11 is 13.7. The second-order valence-electron chi connectivity index (χ2n) is 4.86. The van der Waals surface area contributed by atoms with Gasteiger partial charge in [-0.05, 0) is 24.1 Å². The number of imidazole rings is 1. The number of aromatic nitrogens is 2. The van der Waals surface area contributed by atoms with Gasteiger partial charge in [0.05, 0.1) is 11.9 Å². The molecule has 112 valence electrons. The second kappa shape index (κ2) is 6.73. The average Bonchev–Trinajstić information content (AvgIpc) is 2.67. The zero-order valence-corrected chi connectivity index (χ0v) is 14.3. The number of hydrazone groups is 1. The third kappa shape index (κ3) is 3.73. The molecule has 1 aromatic carbocycles. The highest BCUT2D eigenvalue weighted by Gasteiger charge is 2.18. The first kappa shape index (κ1) is 16.2. The molecule has 7 heteroatoms. The van der Waals surface area contributed by atoms with Gasteiger partial charge in [0.1, 0.15) is 5.03 Å². The molecule has 21 heavy (non-hydrogen) atoms. The van der Waals surface area contributed by atoms with Crippen molar-refractivity contribution in [2.45, 2.75) is 29.7 Å². The van der Waals surface area contributed by atoms with Crippen LogP contribution in [0.15, 0.2) is 33.2 Å². The van der Waals surface area contributed by atoms with Crippen LogP contribution in [0.1, 0.15) is 31.3 Å². The molecule has 0 amide bonds. The van der Waals surface area contributed by atoms with E-state index in [1.807, 2.05) is 23.7 Å². The van der Waals surface area contributed by atoms with Crippen LogP contribution in [0.4, 0.5) is 0 Å². The summed E-state index contributed by atoms with van der Waals surface area (Å²) in [6.07, 6.45) is 1.54. The van der Waals surface area contributed by atoms with Crippen molar-refractivity contribution in [2.24, 2.45) is 18.0 Å². The molecule has 1 heterocycles. The van der Waals surface area contributed by atoms with Crippen molar-refractivity contribution in [3.63, 3.8) is 0 Å². The molecule has 0 fully saturated rings. The molecule has 2 rings (SSSR count). The van der Waals surface area contributed by atoms with Gasteiger partial charge in [-0.25, -0.2) is 4.98 Å². The third-order valence-corrected chi connectivity index (χ3v) is 4.47. The van der Waals surface area contributed by atoms with Crippen LogP contribution < -0.4 is 5.84 Å². The molecular weight excluding hydrogens is 327 g/mol. The first-order valence-electron chi connectivity index (χ1n) is 6.36. The maximum atomic E-state index is 6.06. The van der Waals surface area contributed by atoms with Gasteiger partial charge in [0.25, 0.3) is 0 Å². The second-order valence-corrected chi connectivity index (χ2v) is 6.79. The van der Waals surface area contributed by atoms with Crippen LogP contribution in [0.2, 0.25) is 10.0 Å². The monoisotopic (exact) mass is 342 g/mol. The average molecular weight is 343 g/mol. The van der Waals surface area contributed by atoms with Gasteiger partial charge in [-0.2, -0.15) is 5.10 Å². The summed E-state index contributed by atoms with van der Waals surface area (Å²) in [5, 5.41) is 5.81. The van der Waals surface area contributed by atoms with E-state index in [9.17, 15) is 0 Å². The van der Waals surface area contributed by atoms with Crippen LogP contribution in [0.25, 0.3) is 0 Å². The summed E-state index contributed by atoms with van der Waals surface area (Å²) in [6, 6.07) is 5.48. The van der Waals surface area contributed by atoms with Crippen molar-refractivity contribution in [3.05, 3.63) is 39.8 Å². The predicted molar refractivity (Wildman–Crippen MR) is 89.7 cm³/mol. The highest BCUT2D eigenvalue weighted by atomic mass is 35.5. The summed E-state index contributed by atoms with van der Waals surface area (Å²) in [5.41, 5.74) is 0.994. The van der Waals surface area contributed by atoms with Gasteiger partial charge in [-0.15, -0.1) is 0 Å². The quantitative estimate of drug-likeness (QED) is 0.512. The topological polar surface area (TPSA) is 56.2 Å². The van der Waals surface area contributed by atoms with Gasteiger partial charge >= 0.3 is 0 Å².